The number of fused-ring (bicyclic) bond motifs is 2. The van der Waals surface area contributed by atoms with Gasteiger partial charge in [0.1, 0.15) is 11.5 Å². The van der Waals surface area contributed by atoms with Crippen molar-refractivity contribution in [3.8, 4) is 11.5 Å². The quantitative estimate of drug-likeness (QED) is 0.569. The summed E-state index contributed by atoms with van der Waals surface area (Å²) in [5.74, 6) is 3.99. The molecule has 2 aromatic carbocycles. The van der Waals surface area contributed by atoms with Crippen LogP contribution in [-0.2, 0) is 0 Å². The molecule has 1 saturated heterocycles. The summed E-state index contributed by atoms with van der Waals surface area (Å²) < 4.78 is 11.3. The van der Waals surface area contributed by atoms with Gasteiger partial charge in [-0.2, -0.15) is 0 Å². The Kier molecular flexibility index (Phi) is 5.99. The topological polar surface area (TPSA) is 38.8 Å². The lowest BCUT2D eigenvalue weighted by atomic mass is 9.86. The number of hydrogen-bond donors (Lipinski definition) is 0. The molecule has 2 saturated carbocycles. The number of methoxy groups -OCH3 is 1. The van der Waals surface area contributed by atoms with Gasteiger partial charge in [0, 0.05) is 11.6 Å². The molecule has 1 heterocycles. The zero-order valence-electron chi connectivity index (χ0n) is 18.5. The zero-order valence-corrected chi connectivity index (χ0v) is 18.5. The van der Waals surface area contributed by atoms with Crippen LogP contribution in [0.15, 0.2) is 48.5 Å². The summed E-state index contributed by atoms with van der Waals surface area (Å²) in [6.45, 7) is 2.43. The Morgan fingerprint density at radius 2 is 1.84 bits per heavy atom. The van der Waals surface area contributed by atoms with Crippen LogP contribution in [0.2, 0.25) is 0 Å². The molecule has 2 aliphatic carbocycles. The summed E-state index contributed by atoms with van der Waals surface area (Å²) in [6, 6.07) is 16.4. The van der Waals surface area contributed by atoms with Gasteiger partial charge in [0.05, 0.1) is 7.11 Å². The summed E-state index contributed by atoms with van der Waals surface area (Å²) >= 11 is 0. The molecule has 3 aliphatic rings. The van der Waals surface area contributed by atoms with E-state index < -0.39 is 0 Å². The Bertz CT molecular complexity index is 918. The fraction of sp³-hybridized carbons (Fsp3) is 0.519. The van der Waals surface area contributed by atoms with Gasteiger partial charge >= 0.3 is 0 Å². The first kappa shape index (κ1) is 20.6. The molecule has 0 spiro atoms. The number of rotatable bonds is 7. The third-order valence-corrected chi connectivity index (χ3v) is 7.81. The molecular weight excluding hydrogens is 386 g/mol. The molecule has 31 heavy (non-hydrogen) atoms. The van der Waals surface area contributed by atoms with E-state index in [0.29, 0.717) is 17.2 Å². The highest BCUT2D eigenvalue weighted by Crippen LogP contribution is 2.47. The molecule has 5 rings (SSSR count). The van der Waals surface area contributed by atoms with Crippen molar-refractivity contribution in [2.24, 2.45) is 11.8 Å². The van der Waals surface area contributed by atoms with Crippen LogP contribution < -0.4 is 9.47 Å². The largest absolute Gasteiger partial charge is 0.497 e. The highest BCUT2D eigenvalue weighted by Gasteiger charge is 2.43. The number of carbonyl (C=O) groups is 1. The number of para-hydroxylation sites is 1. The highest BCUT2D eigenvalue weighted by atomic mass is 16.5. The first-order valence-electron chi connectivity index (χ1n) is 11.8. The molecule has 4 heteroatoms. The van der Waals surface area contributed by atoms with Crippen molar-refractivity contribution in [1.82, 2.24) is 4.90 Å². The van der Waals surface area contributed by atoms with Crippen LogP contribution in [0.5, 0.6) is 11.5 Å². The summed E-state index contributed by atoms with van der Waals surface area (Å²) in [5, 5.41) is 0. The first-order valence-corrected chi connectivity index (χ1v) is 11.8. The van der Waals surface area contributed by atoms with Crippen LogP contribution in [0.3, 0.4) is 0 Å². The van der Waals surface area contributed by atoms with Gasteiger partial charge in [0.2, 0.25) is 0 Å². The van der Waals surface area contributed by atoms with Crippen molar-refractivity contribution in [1.29, 1.82) is 0 Å². The molecular formula is C27H33NO3. The van der Waals surface area contributed by atoms with Crippen LogP contribution in [-0.4, -0.2) is 43.5 Å². The predicted octanol–water partition coefficient (Wildman–Crippen LogP) is 5.32. The van der Waals surface area contributed by atoms with Crippen molar-refractivity contribution < 1.29 is 14.3 Å². The molecule has 0 radical (unpaired) electrons. The maximum Gasteiger partial charge on any atom is 0.200 e. The third kappa shape index (κ3) is 4.36. The molecule has 2 bridgehead atoms. The fourth-order valence-corrected chi connectivity index (χ4v) is 6.17. The van der Waals surface area contributed by atoms with E-state index in [1.807, 2.05) is 30.3 Å². The van der Waals surface area contributed by atoms with Crippen molar-refractivity contribution in [3.05, 3.63) is 59.7 Å². The Labute approximate surface area is 185 Å². The van der Waals surface area contributed by atoms with E-state index in [0.717, 1.165) is 23.6 Å². The van der Waals surface area contributed by atoms with E-state index in [9.17, 15) is 4.79 Å². The van der Waals surface area contributed by atoms with Gasteiger partial charge in [-0.1, -0.05) is 36.8 Å². The number of ether oxygens (including phenoxy) is 2. The second-order valence-corrected chi connectivity index (χ2v) is 9.53. The van der Waals surface area contributed by atoms with Crippen molar-refractivity contribution >= 4 is 5.78 Å². The summed E-state index contributed by atoms with van der Waals surface area (Å²) in [6.07, 6.45) is 8.18. The number of benzene rings is 2. The van der Waals surface area contributed by atoms with E-state index in [-0.39, 0.29) is 12.4 Å². The van der Waals surface area contributed by atoms with Crippen LogP contribution in [0, 0.1) is 11.8 Å². The van der Waals surface area contributed by atoms with E-state index in [1.54, 1.807) is 13.2 Å². The van der Waals surface area contributed by atoms with E-state index in [1.165, 1.54) is 57.2 Å². The molecule has 164 valence electrons. The Balaban J connectivity index is 1.20. The fourth-order valence-electron chi connectivity index (χ4n) is 6.17. The number of hydrogen-bond acceptors (Lipinski definition) is 4. The molecule has 0 N–H and O–H groups in total. The second-order valence-electron chi connectivity index (χ2n) is 9.53. The standard InChI is InChI=1S/C27H33NO3/c1-30-23-6-4-5-22(17-23)26(29)18-31-27-8-3-2-7-24(27)20-11-13-28(14-12-20)25-16-19-9-10-21(25)15-19/h2-8,17,19-21,25H,9-16,18H2,1H3/t19-,21?,25-/m0/s1. The summed E-state index contributed by atoms with van der Waals surface area (Å²) in [7, 11) is 1.61. The molecule has 1 aliphatic heterocycles. The maximum absolute atomic E-state index is 12.6. The summed E-state index contributed by atoms with van der Waals surface area (Å²) in [5.41, 5.74) is 1.88. The van der Waals surface area contributed by atoms with Gasteiger partial charge in [0.15, 0.2) is 12.4 Å². The van der Waals surface area contributed by atoms with E-state index in [2.05, 4.69) is 17.0 Å². The lowest BCUT2D eigenvalue weighted by Crippen LogP contribution is -2.43. The van der Waals surface area contributed by atoms with Crippen LogP contribution in [0.1, 0.15) is 60.4 Å². The number of piperidine rings is 1. The first-order chi connectivity index (χ1) is 15.2. The summed E-state index contributed by atoms with van der Waals surface area (Å²) in [4.78, 5) is 15.4. The zero-order chi connectivity index (χ0) is 21.2. The minimum atomic E-state index is -0.0280. The Morgan fingerprint density at radius 3 is 2.58 bits per heavy atom. The number of Topliss-reactive ketones (excluding diaryl/α,β-unsaturated/α-hetero) is 1. The lowest BCUT2D eigenvalue weighted by molar-refractivity contribution is 0.0917. The number of ketones is 1. The molecule has 1 unspecified atom stereocenters. The minimum absolute atomic E-state index is 0.0280. The predicted molar refractivity (Wildman–Crippen MR) is 122 cm³/mol. The molecule has 0 aromatic heterocycles. The third-order valence-electron chi connectivity index (χ3n) is 7.81. The van der Waals surface area contributed by atoms with Crippen LogP contribution in [0.25, 0.3) is 0 Å². The maximum atomic E-state index is 12.6. The van der Waals surface area contributed by atoms with Crippen molar-refractivity contribution in [3.63, 3.8) is 0 Å². The van der Waals surface area contributed by atoms with Gasteiger partial charge in [-0.15, -0.1) is 0 Å². The Hall–Kier alpha value is -2.33. The normalized spacial score (nSPS) is 26.2. The van der Waals surface area contributed by atoms with Gasteiger partial charge in [-0.3, -0.25) is 4.79 Å². The molecule has 3 atom stereocenters. The highest BCUT2D eigenvalue weighted by molar-refractivity contribution is 5.97. The number of nitrogens with zero attached hydrogens (tertiary/aromatic N) is 1. The number of likely N-dealkylation sites (tertiary alicyclic amines) is 1. The molecule has 4 nitrogen and oxygen atoms in total. The SMILES string of the molecule is COc1cccc(C(=O)COc2ccccc2C2CCN([C@H]3C[C@H]4CCC3C4)CC2)c1. The average molecular weight is 420 g/mol. The molecule has 2 aromatic rings. The minimum Gasteiger partial charge on any atom is -0.497 e. The van der Waals surface area contributed by atoms with Gasteiger partial charge < -0.3 is 14.4 Å². The van der Waals surface area contributed by atoms with Crippen LogP contribution >= 0.6 is 0 Å². The molecule has 0 amide bonds. The van der Waals surface area contributed by atoms with E-state index >= 15 is 0 Å². The monoisotopic (exact) mass is 419 g/mol. The Morgan fingerprint density at radius 1 is 1.00 bits per heavy atom. The van der Waals surface area contributed by atoms with Gasteiger partial charge in [-0.05, 0) is 86.7 Å². The van der Waals surface area contributed by atoms with Gasteiger partial charge in [0.25, 0.3) is 0 Å². The second kappa shape index (κ2) is 9.04. The van der Waals surface area contributed by atoms with Gasteiger partial charge in [-0.25, -0.2) is 0 Å². The van der Waals surface area contributed by atoms with Crippen molar-refractivity contribution in [2.75, 3.05) is 26.8 Å². The van der Waals surface area contributed by atoms with Crippen molar-refractivity contribution in [2.45, 2.75) is 50.5 Å². The average Bonchev–Trinajstić information content (AvgIpc) is 3.47. The smallest absolute Gasteiger partial charge is 0.200 e. The lowest BCUT2D eigenvalue weighted by Gasteiger charge is -2.40. The molecule has 3 fully saturated rings. The number of carbonyl (C=O) groups excluding carboxylic acids is 1. The van der Waals surface area contributed by atoms with Crippen LogP contribution in [0.4, 0.5) is 0 Å². The van der Waals surface area contributed by atoms with E-state index in [4.69, 9.17) is 9.47 Å².